The molecule has 1 fully saturated rings. The highest BCUT2D eigenvalue weighted by molar-refractivity contribution is 4.90. The number of hydrogen-bond acceptors (Lipinski definition) is 2. The third kappa shape index (κ3) is 4.84. The molecule has 0 aromatic rings. The first-order valence-corrected chi connectivity index (χ1v) is 6.79. The van der Waals surface area contributed by atoms with Crippen LogP contribution < -0.4 is 5.32 Å². The number of nitrogens with zero attached hydrogens (tertiary/aromatic N) is 1. The Hall–Kier alpha value is -0.0800. The van der Waals surface area contributed by atoms with Gasteiger partial charge in [0.05, 0.1) is 0 Å². The first kappa shape index (κ1) is 14.0. The zero-order valence-corrected chi connectivity index (χ0v) is 11.8. The van der Waals surface area contributed by atoms with Crippen molar-refractivity contribution in [2.75, 3.05) is 27.2 Å². The summed E-state index contributed by atoms with van der Waals surface area (Å²) >= 11 is 0. The van der Waals surface area contributed by atoms with E-state index in [4.69, 9.17) is 0 Å². The second-order valence-electron chi connectivity index (χ2n) is 6.62. The summed E-state index contributed by atoms with van der Waals surface area (Å²) in [5.41, 5.74) is 0.556. The van der Waals surface area contributed by atoms with Gasteiger partial charge in [0.15, 0.2) is 0 Å². The van der Waals surface area contributed by atoms with Crippen molar-refractivity contribution in [1.82, 2.24) is 10.2 Å². The van der Waals surface area contributed by atoms with E-state index in [9.17, 15) is 0 Å². The van der Waals surface area contributed by atoms with Gasteiger partial charge in [0.1, 0.15) is 0 Å². The minimum Gasteiger partial charge on any atom is -0.314 e. The van der Waals surface area contributed by atoms with Crippen molar-refractivity contribution in [3.63, 3.8) is 0 Å². The Morgan fingerprint density at radius 2 is 1.88 bits per heavy atom. The highest BCUT2D eigenvalue weighted by atomic mass is 15.0. The van der Waals surface area contributed by atoms with Crippen molar-refractivity contribution in [3.8, 4) is 0 Å². The zero-order valence-electron chi connectivity index (χ0n) is 11.8. The molecule has 2 nitrogen and oxygen atoms in total. The van der Waals surface area contributed by atoms with Gasteiger partial charge in [0.25, 0.3) is 0 Å². The van der Waals surface area contributed by atoms with E-state index < -0.39 is 0 Å². The van der Waals surface area contributed by atoms with Gasteiger partial charge in [-0.2, -0.15) is 0 Å². The molecule has 2 heteroatoms. The fraction of sp³-hybridized carbons (Fsp3) is 1.00. The third-order valence-corrected chi connectivity index (χ3v) is 3.77. The predicted octanol–water partition coefficient (Wildman–Crippen LogP) is 2.74. The lowest BCUT2D eigenvalue weighted by Gasteiger charge is -2.18. The normalized spacial score (nSPS) is 28.9. The number of unbranched alkanes of at least 4 members (excludes halogenated alkanes) is 1. The molecule has 0 bridgehead atoms. The molecule has 1 saturated carbocycles. The Balaban J connectivity index is 2.10. The Bertz CT molecular complexity index is 199. The van der Waals surface area contributed by atoms with Crippen LogP contribution in [0.3, 0.4) is 0 Å². The van der Waals surface area contributed by atoms with E-state index in [0.29, 0.717) is 5.41 Å². The number of nitrogens with one attached hydrogen (secondary N) is 1. The molecular weight excluding hydrogens is 196 g/mol. The monoisotopic (exact) mass is 226 g/mol. The maximum atomic E-state index is 3.74. The van der Waals surface area contributed by atoms with E-state index in [1.54, 1.807) is 0 Å². The van der Waals surface area contributed by atoms with Crippen LogP contribution in [0.5, 0.6) is 0 Å². The molecule has 0 heterocycles. The van der Waals surface area contributed by atoms with Gasteiger partial charge < -0.3 is 10.2 Å². The highest BCUT2D eigenvalue weighted by Gasteiger charge is 2.35. The Kier molecular flexibility index (Phi) is 5.26. The molecule has 96 valence electrons. The van der Waals surface area contributed by atoms with Crippen molar-refractivity contribution < 1.29 is 0 Å². The second kappa shape index (κ2) is 6.02. The first-order chi connectivity index (χ1) is 7.41. The summed E-state index contributed by atoms with van der Waals surface area (Å²) in [5.74, 6) is 0.851. The van der Waals surface area contributed by atoms with Gasteiger partial charge in [-0.3, -0.25) is 0 Å². The van der Waals surface area contributed by atoms with Crippen LogP contribution in [0.15, 0.2) is 0 Å². The number of hydrogen-bond donors (Lipinski definition) is 1. The third-order valence-electron chi connectivity index (χ3n) is 3.77. The zero-order chi connectivity index (χ0) is 12.2. The highest BCUT2D eigenvalue weighted by Crippen LogP contribution is 2.40. The smallest absolute Gasteiger partial charge is 0.00979 e. The van der Waals surface area contributed by atoms with Crippen LogP contribution in [-0.4, -0.2) is 38.1 Å². The largest absolute Gasteiger partial charge is 0.314 e. The second-order valence-corrected chi connectivity index (χ2v) is 6.62. The van der Waals surface area contributed by atoms with Crippen molar-refractivity contribution >= 4 is 0 Å². The topological polar surface area (TPSA) is 15.3 Å². The maximum absolute atomic E-state index is 3.74. The van der Waals surface area contributed by atoms with Crippen LogP contribution in [0.4, 0.5) is 0 Å². The van der Waals surface area contributed by atoms with Gasteiger partial charge in [-0.05, 0) is 64.2 Å². The summed E-state index contributed by atoms with van der Waals surface area (Å²) in [4.78, 5) is 2.27. The molecule has 0 radical (unpaired) electrons. The fourth-order valence-electron chi connectivity index (χ4n) is 3.01. The van der Waals surface area contributed by atoms with Crippen LogP contribution in [0.2, 0.25) is 0 Å². The molecule has 2 atom stereocenters. The predicted molar refractivity (Wildman–Crippen MR) is 71.8 cm³/mol. The van der Waals surface area contributed by atoms with E-state index in [1.807, 2.05) is 0 Å². The Morgan fingerprint density at radius 3 is 2.38 bits per heavy atom. The van der Waals surface area contributed by atoms with Crippen LogP contribution in [0.25, 0.3) is 0 Å². The molecule has 0 saturated heterocycles. The molecule has 0 amide bonds. The molecular formula is C14H30N2. The van der Waals surface area contributed by atoms with Gasteiger partial charge >= 0.3 is 0 Å². The SMILES string of the molecule is CC1CC(C)(C)CC1NCCCCN(C)C. The summed E-state index contributed by atoms with van der Waals surface area (Å²) < 4.78 is 0. The molecule has 16 heavy (non-hydrogen) atoms. The molecule has 0 aromatic carbocycles. The van der Waals surface area contributed by atoms with E-state index in [0.717, 1.165) is 12.0 Å². The quantitative estimate of drug-likeness (QED) is 0.701. The summed E-state index contributed by atoms with van der Waals surface area (Å²) in [6, 6.07) is 0.759. The van der Waals surface area contributed by atoms with Crippen LogP contribution in [-0.2, 0) is 0 Å². The lowest BCUT2D eigenvalue weighted by atomic mass is 9.91. The van der Waals surface area contributed by atoms with Gasteiger partial charge in [-0.25, -0.2) is 0 Å². The first-order valence-electron chi connectivity index (χ1n) is 6.79. The molecule has 0 aliphatic heterocycles. The molecule has 0 spiro atoms. The molecule has 1 rings (SSSR count). The van der Waals surface area contributed by atoms with Crippen LogP contribution in [0.1, 0.15) is 46.5 Å². The summed E-state index contributed by atoms with van der Waals surface area (Å²) in [7, 11) is 4.30. The molecule has 1 aliphatic rings. The lowest BCUT2D eigenvalue weighted by Crippen LogP contribution is -2.32. The minimum absolute atomic E-state index is 0.556. The summed E-state index contributed by atoms with van der Waals surface area (Å²) in [6.07, 6.45) is 5.34. The average molecular weight is 226 g/mol. The van der Waals surface area contributed by atoms with Crippen molar-refractivity contribution in [1.29, 1.82) is 0 Å². The van der Waals surface area contributed by atoms with E-state index >= 15 is 0 Å². The van der Waals surface area contributed by atoms with E-state index in [1.165, 1.54) is 38.8 Å². The van der Waals surface area contributed by atoms with E-state index in [2.05, 4.69) is 45.1 Å². The van der Waals surface area contributed by atoms with Gasteiger partial charge in [-0.1, -0.05) is 20.8 Å². The summed E-state index contributed by atoms with van der Waals surface area (Å²) in [5, 5.41) is 3.74. The molecule has 2 unspecified atom stereocenters. The van der Waals surface area contributed by atoms with E-state index in [-0.39, 0.29) is 0 Å². The van der Waals surface area contributed by atoms with Crippen LogP contribution in [0, 0.1) is 11.3 Å². The van der Waals surface area contributed by atoms with Crippen molar-refractivity contribution in [2.45, 2.75) is 52.5 Å². The minimum atomic E-state index is 0.556. The Morgan fingerprint density at radius 1 is 1.19 bits per heavy atom. The van der Waals surface area contributed by atoms with Crippen LogP contribution >= 0.6 is 0 Å². The molecule has 1 aliphatic carbocycles. The standard InChI is InChI=1S/C14H30N2/c1-12-10-14(2,3)11-13(12)15-8-6-7-9-16(4)5/h12-13,15H,6-11H2,1-5H3. The van der Waals surface area contributed by atoms with Gasteiger partial charge in [0, 0.05) is 6.04 Å². The Labute approximate surface area is 102 Å². The fourth-order valence-corrected chi connectivity index (χ4v) is 3.01. The van der Waals surface area contributed by atoms with Gasteiger partial charge in [-0.15, -0.1) is 0 Å². The summed E-state index contributed by atoms with van der Waals surface area (Å²) in [6.45, 7) is 9.60. The number of rotatable bonds is 6. The molecule has 1 N–H and O–H groups in total. The maximum Gasteiger partial charge on any atom is 0.00979 e. The molecule has 0 aromatic heterocycles. The lowest BCUT2D eigenvalue weighted by molar-refractivity contribution is 0.359. The average Bonchev–Trinajstić information content (AvgIpc) is 2.38. The van der Waals surface area contributed by atoms with Crippen molar-refractivity contribution in [3.05, 3.63) is 0 Å². The van der Waals surface area contributed by atoms with Gasteiger partial charge in [0.2, 0.25) is 0 Å². The van der Waals surface area contributed by atoms with Crippen molar-refractivity contribution in [2.24, 2.45) is 11.3 Å².